The van der Waals surface area contributed by atoms with E-state index in [2.05, 4.69) is 24.0 Å². The van der Waals surface area contributed by atoms with E-state index in [4.69, 9.17) is 15.0 Å². The van der Waals surface area contributed by atoms with Crippen LogP contribution in [0.25, 0.3) is 0 Å². The minimum absolute atomic E-state index is 0.200. The lowest BCUT2D eigenvalue weighted by Crippen LogP contribution is -2.13. The number of nitrogens with zero attached hydrogens (tertiary/aromatic N) is 2. The monoisotopic (exact) mass is 275 g/mol. The van der Waals surface area contributed by atoms with Crippen molar-refractivity contribution in [1.29, 1.82) is 0 Å². The number of para-hydroxylation sites is 1. The highest BCUT2D eigenvalue weighted by Crippen LogP contribution is 2.21. The van der Waals surface area contributed by atoms with Crippen molar-refractivity contribution in [3.63, 3.8) is 0 Å². The average molecular weight is 275 g/mol. The van der Waals surface area contributed by atoms with Crippen LogP contribution < -0.4 is 10.5 Å². The molecule has 0 aliphatic rings. The number of hydrogen-bond donors (Lipinski definition) is 1. The van der Waals surface area contributed by atoms with Crippen molar-refractivity contribution in [2.24, 2.45) is 11.7 Å². The Hall–Kier alpha value is -1.88. The molecule has 1 heterocycles. The molecule has 2 aromatic rings. The normalized spacial score (nSPS) is 12.7. The van der Waals surface area contributed by atoms with Crippen LogP contribution in [0.1, 0.15) is 43.6 Å². The molecule has 5 heteroatoms. The molecule has 1 aromatic carbocycles. The van der Waals surface area contributed by atoms with Gasteiger partial charge in [-0.25, -0.2) is 0 Å². The zero-order chi connectivity index (χ0) is 14.5. The molecule has 0 saturated heterocycles. The van der Waals surface area contributed by atoms with Gasteiger partial charge in [-0.3, -0.25) is 0 Å². The lowest BCUT2D eigenvalue weighted by molar-refractivity contribution is 0.332. The molecule has 0 amide bonds. The summed E-state index contributed by atoms with van der Waals surface area (Å²) >= 11 is 0. The highest BCUT2D eigenvalue weighted by Gasteiger charge is 2.16. The topological polar surface area (TPSA) is 74.2 Å². The highest BCUT2D eigenvalue weighted by atomic mass is 16.5. The Labute approximate surface area is 119 Å². The zero-order valence-corrected chi connectivity index (χ0v) is 12.2. The first-order valence-corrected chi connectivity index (χ1v) is 6.80. The van der Waals surface area contributed by atoms with E-state index in [1.807, 2.05) is 24.3 Å². The molecule has 20 heavy (non-hydrogen) atoms. The molecule has 0 aliphatic heterocycles. The number of benzene rings is 1. The van der Waals surface area contributed by atoms with Crippen LogP contribution >= 0.6 is 0 Å². The first-order chi connectivity index (χ1) is 9.60. The summed E-state index contributed by atoms with van der Waals surface area (Å²) in [6.45, 7) is 4.23. The number of hydrogen-bond acceptors (Lipinski definition) is 5. The second-order valence-electron chi connectivity index (χ2n) is 5.27. The predicted molar refractivity (Wildman–Crippen MR) is 76.5 cm³/mol. The zero-order valence-electron chi connectivity index (χ0n) is 12.2. The maximum absolute atomic E-state index is 6.04. The minimum Gasteiger partial charge on any atom is -0.496 e. The second kappa shape index (κ2) is 6.52. The van der Waals surface area contributed by atoms with E-state index in [1.165, 1.54) is 0 Å². The number of methoxy groups -OCH3 is 1. The van der Waals surface area contributed by atoms with Gasteiger partial charge in [-0.05, 0) is 18.4 Å². The van der Waals surface area contributed by atoms with Crippen LogP contribution in [0.4, 0.5) is 0 Å². The van der Waals surface area contributed by atoms with Crippen LogP contribution in [-0.2, 0) is 6.42 Å². The van der Waals surface area contributed by atoms with Gasteiger partial charge in [-0.15, -0.1) is 0 Å². The maximum Gasteiger partial charge on any atom is 0.243 e. The van der Waals surface area contributed by atoms with Crippen molar-refractivity contribution in [3.05, 3.63) is 41.5 Å². The molecule has 2 N–H and O–H groups in total. The maximum atomic E-state index is 6.04. The number of nitrogens with two attached hydrogens (primary N) is 1. The number of aromatic nitrogens is 2. The van der Waals surface area contributed by atoms with Crippen LogP contribution in [0.15, 0.2) is 28.8 Å². The van der Waals surface area contributed by atoms with Crippen LogP contribution in [-0.4, -0.2) is 17.3 Å². The third-order valence-electron chi connectivity index (χ3n) is 3.07. The first-order valence-electron chi connectivity index (χ1n) is 6.80. The number of rotatable bonds is 6. The smallest absolute Gasteiger partial charge is 0.243 e. The fourth-order valence-corrected chi connectivity index (χ4v) is 2.12. The summed E-state index contributed by atoms with van der Waals surface area (Å²) < 4.78 is 10.6. The third-order valence-corrected chi connectivity index (χ3v) is 3.07. The van der Waals surface area contributed by atoms with Crippen molar-refractivity contribution in [2.75, 3.05) is 7.11 Å². The molecule has 2 rings (SSSR count). The summed E-state index contributed by atoms with van der Waals surface area (Å²) in [6, 6.07) is 7.60. The standard InChI is InChI=1S/C15H21N3O2/c1-10(2)8-12(16)15-17-14(18-20-15)9-11-6-4-5-7-13(11)19-3/h4-7,10,12H,8-9,16H2,1-3H3. The Balaban J connectivity index is 2.09. The second-order valence-corrected chi connectivity index (χ2v) is 5.27. The Morgan fingerprint density at radius 1 is 1.30 bits per heavy atom. The van der Waals surface area contributed by atoms with Crippen molar-refractivity contribution in [1.82, 2.24) is 10.1 Å². The van der Waals surface area contributed by atoms with Crippen molar-refractivity contribution >= 4 is 0 Å². The molecule has 0 bridgehead atoms. The summed E-state index contributed by atoms with van der Waals surface area (Å²) in [7, 11) is 1.65. The van der Waals surface area contributed by atoms with Gasteiger partial charge in [0, 0.05) is 12.0 Å². The fraction of sp³-hybridized carbons (Fsp3) is 0.467. The lowest BCUT2D eigenvalue weighted by Gasteiger charge is -2.08. The Bertz CT molecular complexity index is 552. The number of ether oxygens (including phenoxy) is 1. The molecule has 108 valence electrons. The largest absolute Gasteiger partial charge is 0.496 e. The van der Waals surface area contributed by atoms with E-state index in [0.717, 1.165) is 17.7 Å². The van der Waals surface area contributed by atoms with Crippen LogP contribution in [0, 0.1) is 5.92 Å². The molecule has 0 spiro atoms. The highest BCUT2D eigenvalue weighted by molar-refractivity contribution is 5.35. The Kier molecular flexibility index (Phi) is 4.74. The van der Waals surface area contributed by atoms with Crippen molar-refractivity contribution < 1.29 is 9.26 Å². The average Bonchev–Trinajstić information content (AvgIpc) is 2.87. The third kappa shape index (κ3) is 3.57. The Morgan fingerprint density at radius 2 is 2.05 bits per heavy atom. The summed E-state index contributed by atoms with van der Waals surface area (Å²) in [5, 5.41) is 3.99. The van der Waals surface area contributed by atoms with Gasteiger partial charge < -0.3 is 15.0 Å². The van der Waals surface area contributed by atoms with E-state index in [1.54, 1.807) is 7.11 Å². The summed E-state index contributed by atoms with van der Waals surface area (Å²) in [5.41, 5.74) is 7.07. The minimum atomic E-state index is -0.200. The molecule has 0 radical (unpaired) electrons. The van der Waals surface area contributed by atoms with Gasteiger partial charge in [0.1, 0.15) is 5.75 Å². The van der Waals surface area contributed by atoms with E-state index in [-0.39, 0.29) is 6.04 Å². The summed E-state index contributed by atoms with van der Waals surface area (Å²) in [6.07, 6.45) is 1.40. The van der Waals surface area contributed by atoms with Crippen LogP contribution in [0.3, 0.4) is 0 Å². The van der Waals surface area contributed by atoms with Crippen molar-refractivity contribution in [3.8, 4) is 5.75 Å². The Morgan fingerprint density at radius 3 is 2.75 bits per heavy atom. The molecule has 1 atom stereocenters. The van der Waals surface area contributed by atoms with Gasteiger partial charge in [0.2, 0.25) is 5.89 Å². The molecule has 5 nitrogen and oxygen atoms in total. The van der Waals surface area contributed by atoms with E-state index < -0.39 is 0 Å². The van der Waals surface area contributed by atoms with Gasteiger partial charge >= 0.3 is 0 Å². The molecule has 1 unspecified atom stereocenters. The summed E-state index contributed by atoms with van der Waals surface area (Å²) in [4.78, 5) is 4.38. The fourth-order valence-electron chi connectivity index (χ4n) is 2.12. The quantitative estimate of drug-likeness (QED) is 0.877. The molecule has 0 saturated carbocycles. The van der Waals surface area contributed by atoms with Gasteiger partial charge in [-0.2, -0.15) is 4.98 Å². The van der Waals surface area contributed by atoms with Gasteiger partial charge in [0.25, 0.3) is 0 Å². The first kappa shape index (κ1) is 14.5. The van der Waals surface area contributed by atoms with E-state index in [0.29, 0.717) is 24.1 Å². The summed E-state index contributed by atoms with van der Waals surface area (Å²) in [5.74, 6) is 2.45. The molecular weight excluding hydrogens is 254 g/mol. The van der Waals surface area contributed by atoms with Gasteiger partial charge in [0.05, 0.1) is 13.2 Å². The van der Waals surface area contributed by atoms with Crippen molar-refractivity contribution in [2.45, 2.75) is 32.7 Å². The SMILES string of the molecule is COc1ccccc1Cc1noc(C(N)CC(C)C)n1. The van der Waals surface area contributed by atoms with Gasteiger partial charge in [-0.1, -0.05) is 37.2 Å². The lowest BCUT2D eigenvalue weighted by atomic mass is 10.0. The van der Waals surface area contributed by atoms with Crippen LogP contribution in [0.5, 0.6) is 5.75 Å². The van der Waals surface area contributed by atoms with Crippen LogP contribution in [0.2, 0.25) is 0 Å². The molecule has 1 aromatic heterocycles. The molecule has 0 fully saturated rings. The van der Waals surface area contributed by atoms with Gasteiger partial charge in [0.15, 0.2) is 5.82 Å². The van der Waals surface area contributed by atoms with E-state index >= 15 is 0 Å². The van der Waals surface area contributed by atoms with E-state index in [9.17, 15) is 0 Å². The molecule has 0 aliphatic carbocycles. The molecular formula is C15H21N3O2. The predicted octanol–water partition coefficient (Wildman–Crippen LogP) is 2.71.